The van der Waals surface area contributed by atoms with E-state index in [4.69, 9.17) is 83.4 Å². The Kier molecular flexibility index (Phi) is 6.65. The summed E-state index contributed by atoms with van der Waals surface area (Å²) in [5, 5.41) is 0.888. The molecule has 0 aliphatic carbocycles. The third kappa shape index (κ3) is 5.23. The molecule has 10 heteroatoms. The van der Waals surface area contributed by atoms with Gasteiger partial charge in [-0.15, -0.1) is 0 Å². The Morgan fingerprint density at radius 2 is 1.32 bits per heavy atom. The molecule has 0 saturated carbocycles. The normalized spacial score (nSPS) is 20.4. The zero-order valence-corrected chi connectivity index (χ0v) is 21.3. The lowest BCUT2D eigenvalue weighted by Gasteiger charge is -2.34. The van der Waals surface area contributed by atoms with E-state index in [9.17, 15) is 0 Å². The maximum absolute atomic E-state index is 6.40. The smallest absolute Gasteiger partial charge is 0.407 e. The minimum atomic E-state index is -3.38. The molecule has 0 N–H and O–H groups in total. The van der Waals surface area contributed by atoms with Gasteiger partial charge in [-0.2, -0.15) is 0 Å². The second-order valence-corrected chi connectivity index (χ2v) is 12.9. The molecule has 0 spiro atoms. The monoisotopic (exact) mass is 552 g/mol. The zero-order valence-electron chi connectivity index (χ0n) is 15.8. The number of hydrogen-bond donors (Lipinski definition) is 0. The highest BCUT2D eigenvalue weighted by atomic mass is 35.6. The third-order valence-electron chi connectivity index (χ3n) is 4.55. The van der Waals surface area contributed by atoms with Gasteiger partial charge in [0.25, 0.3) is 0 Å². The van der Waals surface area contributed by atoms with Crippen molar-refractivity contribution >= 4 is 76.5 Å². The van der Waals surface area contributed by atoms with Crippen molar-refractivity contribution in [1.82, 2.24) is 0 Å². The predicted octanol–water partition coefficient (Wildman–Crippen LogP) is 8.88. The predicted molar refractivity (Wildman–Crippen MR) is 132 cm³/mol. The zero-order chi connectivity index (χ0) is 22.4. The topological polar surface area (TPSA) is 27.7 Å². The van der Waals surface area contributed by atoms with Gasteiger partial charge >= 0.3 is 6.72 Å². The molecule has 3 nitrogen and oxygen atoms in total. The number of alkyl halides is 3. The summed E-state index contributed by atoms with van der Waals surface area (Å²) in [6, 6.07) is 17.4. The average molecular weight is 555 g/mol. The molecule has 1 aliphatic rings. The van der Waals surface area contributed by atoms with Crippen LogP contribution in [0.4, 0.5) is 0 Å². The second kappa shape index (κ2) is 8.83. The number of benzene rings is 3. The Bertz CT molecular complexity index is 1120. The van der Waals surface area contributed by atoms with Crippen LogP contribution in [0.15, 0.2) is 60.7 Å². The highest BCUT2D eigenvalue weighted by molar-refractivity contribution is 8.08. The molecule has 0 amide bonds. The van der Waals surface area contributed by atoms with Crippen molar-refractivity contribution in [3.8, 4) is 17.2 Å². The van der Waals surface area contributed by atoms with E-state index in [2.05, 4.69) is 0 Å². The average Bonchev–Trinajstić information content (AvgIpc) is 2.66. The first-order valence-corrected chi connectivity index (χ1v) is 13.4. The fourth-order valence-electron chi connectivity index (χ4n) is 3.20. The molecule has 1 heterocycles. The van der Waals surface area contributed by atoms with E-state index < -0.39 is 16.4 Å². The van der Waals surface area contributed by atoms with Crippen molar-refractivity contribution in [3.63, 3.8) is 0 Å². The molecule has 0 radical (unpaired) electrons. The molecular formula is C21H14Cl5O3PS. The first-order valence-electron chi connectivity index (χ1n) is 8.95. The third-order valence-corrected chi connectivity index (χ3v) is 7.62. The minimum Gasteiger partial charge on any atom is -0.407 e. The largest absolute Gasteiger partial charge is 0.490 e. The van der Waals surface area contributed by atoms with Crippen molar-refractivity contribution in [1.29, 1.82) is 0 Å². The molecule has 162 valence electrons. The first-order chi connectivity index (χ1) is 14.5. The van der Waals surface area contributed by atoms with Gasteiger partial charge in [-0.05, 0) is 55.5 Å². The molecule has 0 fully saturated rings. The molecule has 4 rings (SSSR count). The maximum atomic E-state index is 6.40. The Balaban J connectivity index is 1.91. The Morgan fingerprint density at radius 1 is 0.839 bits per heavy atom. The van der Waals surface area contributed by atoms with Crippen molar-refractivity contribution in [2.75, 3.05) is 0 Å². The van der Waals surface area contributed by atoms with Gasteiger partial charge in [-0.1, -0.05) is 75.7 Å². The lowest BCUT2D eigenvalue weighted by Crippen LogP contribution is -2.23. The van der Waals surface area contributed by atoms with Gasteiger partial charge in [-0.3, -0.25) is 0 Å². The number of fused-ring (bicyclic) bond motifs is 2. The van der Waals surface area contributed by atoms with Crippen LogP contribution in [-0.4, -0.2) is 3.79 Å². The maximum Gasteiger partial charge on any atom is 0.490 e. The Labute approximate surface area is 210 Å². The number of rotatable bonds is 2. The summed E-state index contributed by atoms with van der Waals surface area (Å²) < 4.78 is 16.6. The van der Waals surface area contributed by atoms with Crippen LogP contribution in [0.1, 0.15) is 22.6 Å². The summed E-state index contributed by atoms with van der Waals surface area (Å²) in [7, 11) is 0. The molecule has 0 bridgehead atoms. The van der Waals surface area contributed by atoms with Crippen LogP contribution < -0.4 is 13.6 Å². The van der Waals surface area contributed by atoms with Crippen molar-refractivity contribution in [2.45, 2.75) is 16.6 Å². The van der Waals surface area contributed by atoms with Gasteiger partial charge in [0.2, 0.25) is 3.79 Å². The molecule has 3 aromatic carbocycles. The number of aryl methyl sites for hydroxylation is 1. The quantitative estimate of drug-likeness (QED) is 0.234. The van der Waals surface area contributed by atoms with Gasteiger partial charge in [0.1, 0.15) is 17.2 Å². The molecule has 0 unspecified atom stereocenters. The minimum absolute atomic E-state index is 0.349. The first kappa shape index (κ1) is 23.3. The SMILES string of the molecule is Cc1ccc(OP2(=S)Oc3ccc(Cl)cc3C(C(Cl)(Cl)Cl)c3cc(Cl)ccc3O2)cc1. The molecular weight excluding hydrogens is 541 g/mol. The molecule has 0 aromatic heterocycles. The van der Waals surface area contributed by atoms with E-state index in [1.54, 1.807) is 48.5 Å². The highest BCUT2D eigenvalue weighted by Crippen LogP contribution is 2.59. The van der Waals surface area contributed by atoms with Crippen LogP contribution in [0.5, 0.6) is 17.2 Å². The second-order valence-electron chi connectivity index (χ2n) is 6.87. The molecule has 0 atom stereocenters. The molecule has 0 saturated heterocycles. The van der Waals surface area contributed by atoms with E-state index in [-0.39, 0.29) is 0 Å². The van der Waals surface area contributed by atoms with Crippen molar-refractivity contribution in [2.24, 2.45) is 0 Å². The fourth-order valence-corrected chi connectivity index (χ4v) is 6.31. The van der Waals surface area contributed by atoms with Crippen LogP contribution in [0, 0.1) is 6.92 Å². The molecule has 1 aliphatic heterocycles. The van der Waals surface area contributed by atoms with Gasteiger partial charge in [0.15, 0.2) is 0 Å². The van der Waals surface area contributed by atoms with Gasteiger partial charge in [-0.25, -0.2) is 0 Å². The van der Waals surface area contributed by atoms with Crippen LogP contribution in [0.2, 0.25) is 10.0 Å². The van der Waals surface area contributed by atoms with Gasteiger partial charge < -0.3 is 13.6 Å². The summed E-state index contributed by atoms with van der Waals surface area (Å²) >= 11 is 37.5. The summed E-state index contributed by atoms with van der Waals surface area (Å²) in [5.74, 6) is 0.421. The Hall–Kier alpha value is -0.840. The Morgan fingerprint density at radius 3 is 1.77 bits per heavy atom. The van der Waals surface area contributed by atoms with E-state index >= 15 is 0 Å². The van der Waals surface area contributed by atoms with Crippen LogP contribution >= 0.6 is 64.7 Å². The van der Waals surface area contributed by atoms with Crippen molar-refractivity contribution < 1.29 is 13.6 Å². The summed E-state index contributed by atoms with van der Waals surface area (Å²) in [4.78, 5) is 0. The summed E-state index contributed by atoms with van der Waals surface area (Å²) in [6.45, 7) is -1.40. The lowest BCUT2D eigenvalue weighted by molar-refractivity contribution is 0.374. The molecule has 31 heavy (non-hydrogen) atoms. The number of halogens is 5. The lowest BCUT2D eigenvalue weighted by atomic mass is 9.91. The van der Waals surface area contributed by atoms with Crippen LogP contribution in [0.25, 0.3) is 0 Å². The van der Waals surface area contributed by atoms with Gasteiger partial charge in [0.05, 0.1) is 5.92 Å². The highest BCUT2D eigenvalue weighted by Gasteiger charge is 2.43. The van der Waals surface area contributed by atoms with Crippen LogP contribution in [-0.2, 0) is 11.8 Å². The van der Waals surface area contributed by atoms with E-state index in [0.717, 1.165) is 5.56 Å². The fraction of sp³-hybridized carbons (Fsp3) is 0.143. The molecule has 3 aromatic rings. The van der Waals surface area contributed by atoms with Crippen molar-refractivity contribution in [3.05, 3.63) is 87.4 Å². The van der Waals surface area contributed by atoms with E-state index in [0.29, 0.717) is 38.4 Å². The van der Waals surface area contributed by atoms with Gasteiger partial charge in [0, 0.05) is 33.0 Å². The van der Waals surface area contributed by atoms with Crippen LogP contribution in [0.3, 0.4) is 0 Å². The summed E-state index contributed by atoms with van der Waals surface area (Å²) in [6.07, 6.45) is 0. The number of hydrogen-bond acceptors (Lipinski definition) is 4. The van der Waals surface area contributed by atoms with E-state index in [1.165, 1.54) is 0 Å². The van der Waals surface area contributed by atoms with E-state index in [1.807, 2.05) is 19.1 Å². The summed E-state index contributed by atoms with van der Waals surface area (Å²) in [5.41, 5.74) is 2.14. The standard InChI is InChI=1S/C21H14Cl5O3PS/c1-12-2-6-15(7-3-12)27-30(31)28-18-8-4-13(22)10-16(18)20(21(24,25)26)17-11-14(23)5-9-19(17)29-30/h2-11,20H,1H3.